The van der Waals surface area contributed by atoms with Gasteiger partial charge in [-0.3, -0.25) is 4.98 Å². The Morgan fingerprint density at radius 3 is 2.90 bits per heavy atom. The number of para-hydroxylation sites is 1. The summed E-state index contributed by atoms with van der Waals surface area (Å²) in [5.41, 5.74) is 1.42. The fraction of sp³-hybridized carbons (Fsp3) is 0.250. The second-order valence-electron chi connectivity index (χ2n) is 4.52. The first-order valence-corrected chi connectivity index (χ1v) is 6.51. The minimum atomic E-state index is -1.02. The van der Waals surface area contributed by atoms with E-state index in [9.17, 15) is 9.90 Å². The van der Waals surface area contributed by atoms with Crippen molar-refractivity contribution in [1.82, 2.24) is 4.98 Å². The van der Waals surface area contributed by atoms with E-state index in [1.165, 1.54) is 6.20 Å². The molecule has 1 atom stereocenters. The van der Waals surface area contributed by atoms with Gasteiger partial charge in [-0.1, -0.05) is 37.5 Å². The van der Waals surface area contributed by atoms with Crippen LogP contribution in [0.4, 0.5) is 5.69 Å². The minimum Gasteiger partial charge on any atom is -0.478 e. The molecule has 0 saturated heterocycles. The van der Waals surface area contributed by atoms with Crippen molar-refractivity contribution in [1.29, 1.82) is 0 Å². The van der Waals surface area contributed by atoms with Crippen LogP contribution in [0.1, 0.15) is 30.1 Å². The molecule has 2 N–H and O–H groups in total. The minimum absolute atomic E-state index is 0.139. The van der Waals surface area contributed by atoms with Crippen molar-refractivity contribution in [3.8, 4) is 12.3 Å². The second kappa shape index (κ2) is 6.07. The number of rotatable bonds is 5. The summed E-state index contributed by atoms with van der Waals surface area (Å²) in [5, 5.41) is 13.2. The Balaban J connectivity index is 2.55. The lowest BCUT2D eigenvalue weighted by Gasteiger charge is -2.17. The van der Waals surface area contributed by atoms with Crippen molar-refractivity contribution in [2.75, 3.05) is 5.32 Å². The predicted molar refractivity (Wildman–Crippen MR) is 79.9 cm³/mol. The number of hydrogen-bond donors (Lipinski definition) is 2. The lowest BCUT2D eigenvalue weighted by Crippen LogP contribution is -2.19. The van der Waals surface area contributed by atoms with E-state index in [1.54, 1.807) is 0 Å². The Hall–Kier alpha value is -2.54. The highest BCUT2D eigenvalue weighted by Crippen LogP contribution is 2.27. The molecule has 0 radical (unpaired) electrons. The van der Waals surface area contributed by atoms with Gasteiger partial charge in [0.1, 0.15) is 5.56 Å². The van der Waals surface area contributed by atoms with Crippen molar-refractivity contribution in [3.05, 3.63) is 36.0 Å². The van der Waals surface area contributed by atoms with Gasteiger partial charge in [0.2, 0.25) is 0 Å². The van der Waals surface area contributed by atoms with Crippen LogP contribution < -0.4 is 5.32 Å². The van der Waals surface area contributed by atoms with E-state index in [0.29, 0.717) is 5.69 Å². The number of aromatic carboxylic acids is 1. The molecular formula is C16H16N2O2. The molecule has 1 aromatic carbocycles. The summed E-state index contributed by atoms with van der Waals surface area (Å²) in [7, 11) is 0. The monoisotopic (exact) mass is 268 g/mol. The summed E-state index contributed by atoms with van der Waals surface area (Å²) in [4.78, 5) is 15.5. The third kappa shape index (κ3) is 2.72. The predicted octanol–water partition coefficient (Wildman–Crippen LogP) is 3.15. The van der Waals surface area contributed by atoms with E-state index in [2.05, 4.69) is 16.2 Å². The van der Waals surface area contributed by atoms with Crippen molar-refractivity contribution < 1.29 is 9.90 Å². The molecule has 0 bridgehead atoms. The third-order valence-electron chi connectivity index (χ3n) is 3.10. The number of benzene rings is 1. The van der Waals surface area contributed by atoms with Crippen LogP contribution in [0, 0.1) is 12.3 Å². The normalized spacial score (nSPS) is 11.8. The lowest BCUT2D eigenvalue weighted by atomic mass is 10.1. The topological polar surface area (TPSA) is 62.2 Å². The average Bonchev–Trinajstić information content (AvgIpc) is 2.46. The summed E-state index contributed by atoms with van der Waals surface area (Å²) in [6.07, 6.45) is 8.58. The number of terminal acetylenes is 1. The molecule has 0 aliphatic rings. The van der Waals surface area contributed by atoms with Gasteiger partial charge in [-0.2, -0.15) is 0 Å². The third-order valence-corrected chi connectivity index (χ3v) is 3.10. The smallest absolute Gasteiger partial charge is 0.339 e. The van der Waals surface area contributed by atoms with Crippen LogP contribution in [-0.4, -0.2) is 22.1 Å². The molecule has 2 aromatic rings. The van der Waals surface area contributed by atoms with Crippen LogP contribution >= 0.6 is 0 Å². The Morgan fingerprint density at radius 2 is 2.25 bits per heavy atom. The van der Waals surface area contributed by atoms with Gasteiger partial charge in [-0.15, -0.1) is 6.42 Å². The molecular weight excluding hydrogens is 252 g/mol. The van der Waals surface area contributed by atoms with Gasteiger partial charge < -0.3 is 10.4 Å². The molecule has 0 amide bonds. The van der Waals surface area contributed by atoms with Crippen LogP contribution in [0.5, 0.6) is 0 Å². The molecule has 20 heavy (non-hydrogen) atoms. The summed E-state index contributed by atoms with van der Waals surface area (Å²) >= 11 is 0. The first kappa shape index (κ1) is 13.9. The fourth-order valence-corrected chi connectivity index (χ4v) is 2.12. The summed E-state index contributed by atoms with van der Waals surface area (Å²) in [5.74, 6) is 1.64. The first-order valence-electron chi connectivity index (χ1n) is 6.51. The molecule has 4 nitrogen and oxygen atoms in total. The SMILES string of the molecule is C#CC(CCC)Nc1c(C(=O)O)cnc2ccccc12. The van der Waals surface area contributed by atoms with E-state index in [4.69, 9.17) is 6.42 Å². The number of nitrogens with zero attached hydrogens (tertiary/aromatic N) is 1. The van der Waals surface area contributed by atoms with Gasteiger partial charge in [-0.05, 0) is 12.5 Å². The largest absolute Gasteiger partial charge is 0.478 e. The summed E-state index contributed by atoms with van der Waals surface area (Å²) < 4.78 is 0. The molecule has 0 aliphatic carbocycles. The summed E-state index contributed by atoms with van der Waals surface area (Å²) in [6.45, 7) is 2.04. The van der Waals surface area contributed by atoms with E-state index >= 15 is 0 Å². The standard InChI is InChI=1S/C16H16N2O2/c1-3-7-11(4-2)18-15-12-8-5-6-9-14(12)17-10-13(15)16(19)20/h2,5-6,8-11H,3,7H2,1H3,(H,17,18)(H,19,20). The van der Waals surface area contributed by atoms with Crippen LogP contribution in [0.2, 0.25) is 0 Å². The molecule has 0 saturated carbocycles. The van der Waals surface area contributed by atoms with E-state index in [0.717, 1.165) is 23.7 Å². The summed E-state index contributed by atoms with van der Waals surface area (Å²) in [6, 6.07) is 7.22. The molecule has 2 rings (SSSR count). The highest BCUT2D eigenvalue weighted by atomic mass is 16.4. The zero-order valence-electron chi connectivity index (χ0n) is 11.3. The maximum absolute atomic E-state index is 11.4. The van der Waals surface area contributed by atoms with Crippen molar-refractivity contribution in [2.45, 2.75) is 25.8 Å². The highest BCUT2D eigenvalue weighted by molar-refractivity contribution is 6.04. The van der Waals surface area contributed by atoms with E-state index < -0.39 is 5.97 Å². The number of carboxylic acids is 1. The van der Waals surface area contributed by atoms with Gasteiger partial charge in [0, 0.05) is 11.6 Å². The molecule has 4 heteroatoms. The molecule has 0 fully saturated rings. The van der Waals surface area contributed by atoms with Crippen molar-refractivity contribution in [2.24, 2.45) is 0 Å². The van der Waals surface area contributed by atoms with Crippen LogP contribution in [0.25, 0.3) is 10.9 Å². The van der Waals surface area contributed by atoms with Gasteiger partial charge >= 0.3 is 5.97 Å². The highest BCUT2D eigenvalue weighted by Gasteiger charge is 2.16. The van der Waals surface area contributed by atoms with Gasteiger partial charge in [-0.25, -0.2) is 4.79 Å². The van der Waals surface area contributed by atoms with Gasteiger partial charge in [0.15, 0.2) is 0 Å². The Labute approximate surface area is 117 Å². The number of carboxylic acid groups (broad SMARTS) is 1. The number of fused-ring (bicyclic) bond motifs is 1. The van der Waals surface area contributed by atoms with E-state index in [-0.39, 0.29) is 11.6 Å². The molecule has 1 unspecified atom stereocenters. The number of nitrogens with one attached hydrogen (secondary N) is 1. The van der Waals surface area contributed by atoms with Gasteiger partial charge in [0.05, 0.1) is 17.2 Å². The average molecular weight is 268 g/mol. The maximum atomic E-state index is 11.4. The van der Waals surface area contributed by atoms with Crippen LogP contribution in [0.15, 0.2) is 30.5 Å². The van der Waals surface area contributed by atoms with E-state index in [1.807, 2.05) is 31.2 Å². The zero-order chi connectivity index (χ0) is 14.5. The van der Waals surface area contributed by atoms with Crippen molar-refractivity contribution in [3.63, 3.8) is 0 Å². The molecule has 1 heterocycles. The van der Waals surface area contributed by atoms with Crippen LogP contribution in [-0.2, 0) is 0 Å². The fourth-order valence-electron chi connectivity index (χ4n) is 2.12. The number of hydrogen-bond acceptors (Lipinski definition) is 3. The number of aromatic nitrogens is 1. The van der Waals surface area contributed by atoms with Crippen molar-refractivity contribution >= 4 is 22.6 Å². The Kier molecular flexibility index (Phi) is 4.21. The molecule has 0 spiro atoms. The number of carbonyl (C=O) groups is 1. The number of anilines is 1. The maximum Gasteiger partial charge on any atom is 0.339 e. The molecule has 102 valence electrons. The second-order valence-corrected chi connectivity index (χ2v) is 4.52. The molecule has 1 aromatic heterocycles. The zero-order valence-corrected chi connectivity index (χ0v) is 11.3. The first-order chi connectivity index (χ1) is 9.67. The van der Waals surface area contributed by atoms with Crippen LogP contribution in [0.3, 0.4) is 0 Å². The lowest BCUT2D eigenvalue weighted by molar-refractivity contribution is 0.0697. The van der Waals surface area contributed by atoms with Gasteiger partial charge in [0.25, 0.3) is 0 Å². The number of pyridine rings is 1. The quantitative estimate of drug-likeness (QED) is 0.818. The Bertz CT molecular complexity index is 674. The molecule has 0 aliphatic heterocycles. The Morgan fingerprint density at radius 1 is 1.50 bits per heavy atom.